The smallest absolute Gasteiger partial charge is 0.408 e. The van der Waals surface area contributed by atoms with E-state index in [0.29, 0.717) is 0 Å². The van der Waals surface area contributed by atoms with Crippen LogP contribution in [0.4, 0.5) is 4.39 Å². The molecule has 2 aromatic rings. The van der Waals surface area contributed by atoms with E-state index < -0.39 is 59.1 Å². The Kier molecular flexibility index (Phi) is 6.32. The third-order valence-electron chi connectivity index (χ3n) is 5.76. The fourth-order valence-electron chi connectivity index (χ4n) is 3.20. The van der Waals surface area contributed by atoms with Crippen LogP contribution in [0.5, 0.6) is 0 Å². The number of halogens is 1. The molecule has 0 aliphatic carbocycles. The van der Waals surface area contributed by atoms with Gasteiger partial charge in [-0.25, -0.2) is 9.37 Å². The van der Waals surface area contributed by atoms with Crippen molar-refractivity contribution in [1.82, 2.24) is 14.5 Å². The third-order valence-corrected chi connectivity index (χ3v) is 10.7. The van der Waals surface area contributed by atoms with Gasteiger partial charge in [0.2, 0.25) is 0 Å². The summed E-state index contributed by atoms with van der Waals surface area (Å²) in [5.74, 6) is -0.829. The van der Waals surface area contributed by atoms with Gasteiger partial charge in [0.05, 0.1) is 12.9 Å². The van der Waals surface area contributed by atoms with Crippen LogP contribution in [0.3, 0.4) is 0 Å². The molecule has 30 heavy (non-hydrogen) atoms. The monoisotopic (exact) mass is 462 g/mol. The van der Waals surface area contributed by atoms with Crippen molar-refractivity contribution in [2.24, 2.45) is 0 Å². The number of aliphatic hydroxyl groups excluding tert-OH is 1. The summed E-state index contributed by atoms with van der Waals surface area (Å²) in [5.41, 5.74) is -0.694. The zero-order chi connectivity index (χ0) is 22.4. The van der Waals surface area contributed by atoms with Gasteiger partial charge in [0.25, 0.3) is 5.56 Å². The van der Waals surface area contributed by atoms with Crippen molar-refractivity contribution >= 4 is 27.6 Å². The lowest BCUT2D eigenvalue weighted by Gasteiger charge is -2.39. The molecule has 1 aliphatic heterocycles. The van der Waals surface area contributed by atoms with E-state index in [1.165, 1.54) is 4.57 Å². The normalized spacial score (nSPS) is 25.8. The van der Waals surface area contributed by atoms with Gasteiger partial charge in [0.15, 0.2) is 32.1 Å². The van der Waals surface area contributed by atoms with E-state index in [9.17, 15) is 23.7 Å². The van der Waals surface area contributed by atoms with Crippen molar-refractivity contribution in [2.45, 2.75) is 63.4 Å². The Morgan fingerprint density at radius 1 is 1.40 bits per heavy atom. The van der Waals surface area contributed by atoms with Crippen molar-refractivity contribution in [3.8, 4) is 0 Å². The van der Waals surface area contributed by atoms with Gasteiger partial charge < -0.3 is 19.3 Å². The molecule has 13 heteroatoms. The number of aliphatic hydroxyl groups is 1. The van der Waals surface area contributed by atoms with Gasteiger partial charge in [-0.2, -0.15) is 0 Å². The van der Waals surface area contributed by atoms with E-state index in [1.807, 2.05) is 33.9 Å². The molecular weight excluding hydrogens is 436 g/mol. The Balaban J connectivity index is 2.08. The number of H-pyrrole nitrogens is 1. The summed E-state index contributed by atoms with van der Waals surface area (Å²) in [6.45, 7) is 9.58. The second-order valence-corrected chi connectivity index (χ2v) is 14.2. The third kappa shape index (κ3) is 4.13. The lowest BCUT2D eigenvalue weighted by Crippen LogP contribution is -2.50. The van der Waals surface area contributed by atoms with E-state index in [1.54, 1.807) is 0 Å². The first kappa shape index (κ1) is 23.1. The molecule has 3 rings (SSSR count). The molecular formula is C17H26FN3O7PSi+. The quantitative estimate of drug-likeness (QED) is 0.439. The molecule has 1 fully saturated rings. The summed E-state index contributed by atoms with van der Waals surface area (Å²) < 4.78 is 44.7. The number of aromatic nitrogens is 3. The molecule has 166 valence electrons. The zero-order valence-corrected chi connectivity index (χ0v) is 19.2. The van der Waals surface area contributed by atoms with Crippen LogP contribution in [0, 0.1) is 5.82 Å². The van der Waals surface area contributed by atoms with Crippen LogP contribution in [-0.2, 0) is 18.3 Å². The summed E-state index contributed by atoms with van der Waals surface area (Å²) in [4.78, 5) is 27.8. The average Bonchev–Trinajstić information content (AvgIpc) is 3.12. The number of fused-ring (bicyclic) bond motifs is 1. The number of hydrogen-bond acceptors (Lipinski definition) is 7. The Morgan fingerprint density at radius 2 is 2.07 bits per heavy atom. The number of hydrogen-bond donors (Lipinski definition) is 3. The Bertz CT molecular complexity index is 1010. The molecule has 5 atom stereocenters. The standard InChI is InChI=1S/C17H25FN3O7PSi/c1-17(2,3)30(4,5)28-12-10(7-22)26-16(13(12)27-29(24)25)21-6-9(18)11-14(21)19-8-20-15(11)23/h6,8,10,12-13,16,22H,7H2,1-5H3,(H-,19,20,23,24,25)/p+1/t10-,12?,13-,16-/m1/s1. The molecule has 3 heterocycles. The van der Waals surface area contributed by atoms with Gasteiger partial charge >= 0.3 is 8.25 Å². The van der Waals surface area contributed by atoms with Crippen molar-refractivity contribution in [3.05, 3.63) is 28.7 Å². The highest BCUT2D eigenvalue weighted by molar-refractivity contribution is 7.32. The topological polar surface area (TPSA) is 136 Å². The molecule has 1 aliphatic rings. The summed E-state index contributed by atoms with van der Waals surface area (Å²) >= 11 is 0. The Hall–Kier alpha value is -1.53. The minimum atomic E-state index is -3.06. The highest BCUT2D eigenvalue weighted by Gasteiger charge is 2.54. The summed E-state index contributed by atoms with van der Waals surface area (Å²) in [6.07, 6.45) is -1.96. The second-order valence-electron chi connectivity index (χ2n) is 8.71. The molecule has 1 saturated heterocycles. The molecule has 0 aromatic carbocycles. The van der Waals surface area contributed by atoms with Crippen molar-refractivity contribution in [1.29, 1.82) is 0 Å². The first-order valence-electron chi connectivity index (χ1n) is 9.38. The van der Waals surface area contributed by atoms with Crippen LogP contribution in [-0.4, -0.2) is 57.8 Å². The maximum atomic E-state index is 14.5. The van der Waals surface area contributed by atoms with Gasteiger partial charge in [-0.05, 0) is 18.1 Å². The number of nitrogens with zero attached hydrogens (tertiary/aromatic N) is 2. The average molecular weight is 462 g/mol. The van der Waals surface area contributed by atoms with E-state index in [-0.39, 0.29) is 16.1 Å². The summed E-state index contributed by atoms with van der Waals surface area (Å²) in [7, 11) is -5.47. The van der Waals surface area contributed by atoms with Crippen LogP contribution in [0.15, 0.2) is 17.3 Å². The van der Waals surface area contributed by atoms with E-state index in [2.05, 4.69) is 9.97 Å². The molecule has 0 radical (unpaired) electrons. The highest BCUT2D eigenvalue weighted by Crippen LogP contribution is 2.44. The maximum Gasteiger partial charge on any atom is 0.695 e. The van der Waals surface area contributed by atoms with Crippen molar-refractivity contribution < 1.29 is 32.6 Å². The fraction of sp³-hybridized carbons (Fsp3) is 0.647. The van der Waals surface area contributed by atoms with Crippen LogP contribution in [0.25, 0.3) is 11.0 Å². The SMILES string of the molecule is CC(C)(C)[Si](C)(C)OC1[C@@H](O[P+](=O)O)[C@H](n2cc(F)c3c(=O)[nH]cnc32)O[C@@H]1CO. The molecule has 0 spiro atoms. The molecule has 2 aromatic heterocycles. The first-order valence-corrected chi connectivity index (χ1v) is 13.4. The molecule has 0 bridgehead atoms. The molecule has 3 N–H and O–H groups in total. The lowest BCUT2D eigenvalue weighted by molar-refractivity contribution is -0.0480. The molecule has 0 saturated carbocycles. The predicted molar refractivity (Wildman–Crippen MR) is 108 cm³/mol. The van der Waals surface area contributed by atoms with Gasteiger partial charge in [-0.3, -0.25) is 9.36 Å². The fourth-order valence-corrected chi connectivity index (χ4v) is 4.95. The van der Waals surface area contributed by atoms with Crippen LogP contribution in [0.1, 0.15) is 27.0 Å². The predicted octanol–water partition coefficient (Wildman–Crippen LogP) is 2.18. The maximum absolute atomic E-state index is 14.5. The van der Waals surface area contributed by atoms with E-state index in [0.717, 1.165) is 12.5 Å². The zero-order valence-electron chi connectivity index (χ0n) is 17.3. The lowest BCUT2D eigenvalue weighted by atomic mass is 10.1. The first-order chi connectivity index (χ1) is 13.9. The van der Waals surface area contributed by atoms with Gasteiger partial charge in [-0.1, -0.05) is 20.8 Å². The summed E-state index contributed by atoms with van der Waals surface area (Å²) in [6, 6.07) is 0. The number of rotatable bonds is 6. The summed E-state index contributed by atoms with van der Waals surface area (Å²) in [5, 5.41) is 9.41. The number of aromatic amines is 1. The number of nitrogens with one attached hydrogen (secondary N) is 1. The molecule has 10 nitrogen and oxygen atoms in total. The molecule has 2 unspecified atom stereocenters. The Labute approximate surface area is 174 Å². The minimum absolute atomic E-state index is 0.0207. The second kappa shape index (κ2) is 8.19. The van der Waals surface area contributed by atoms with Crippen LogP contribution < -0.4 is 5.56 Å². The van der Waals surface area contributed by atoms with E-state index >= 15 is 0 Å². The highest BCUT2D eigenvalue weighted by atomic mass is 31.1. The van der Waals surface area contributed by atoms with Gasteiger partial charge in [0, 0.05) is 10.8 Å². The van der Waals surface area contributed by atoms with Crippen LogP contribution in [0.2, 0.25) is 18.1 Å². The Morgan fingerprint density at radius 3 is 2.63 bits per heavy atom. The van der Waals surface area contributed by atoms with Gasteiger partial charge in [0.1, 0.15) is 17.6 Å². The van der Waals surface area contributed by atoms with Crippen molar-refractivity contribution in [2.75, 3.05) is 6.61 Å². The van der Waals surface area contributed by atoms with Crippen molar-refractivity contribution in [3.63, 3.8) is 0 Å². The van der Waals surface area contributed by atoms with Crippen LogP contribution >= 0.6 is 8.25 Å². The van der Waals surface area contributed by atoms with E-state index in [4.69, 9.17) is 13.7 Å². The largest absolute Gasteiger partial charge is 0.695 e. The number of ether oxygens (including phenoxy) is 1. The molecule has 0 amide bonds. The minimum Gasteiger partial charge on any atom is -0.408 e. The van der Waals surface area contributed by atoms with Gasteiger partial charge in [-0.15, -0.1) is 9.42 Å².